The molecule has 2 aromatic rings. The van der Waals surface area contributed by atoms with E-state index in [9.17, 15) is 5.11 Å². The highest BCUT2D eigenvalue weighted by Gasteiger charge is 2.07. The molecule has 0 saturated heterocycles. The molecular formula is C19H25ClNO3-. The SMILES string of the molecule is COc1cc(CNCC(C)O)ccc1OCc1ccccc1C.[Cl-]. The average molecular weight is 351 g/mol. The molecule has 4 nitrogen and oxygen atoms in total. The maximum absolute atomic E-state index is 9.27. The summed E-state index contributed by atoms with van der Waals surface area (Å²) >= 11 is 0. The molecule has 1 atom stereocenters. The molecule has 0 amide bonds. The number of aliphatic hydroxyl groups excluding tert-OH is 1. The van der Waals surface area contributed by atoms with E-state index >= 15 is 0 Å². The van der Waals surface area contributed by atoms with Crippen molar-refractivity contribution in [3.05, 3.63) is 59.2 Å². The number of aryl methyl sites for hydroxylation is 1. The molecule has 24 heavy (non-hydrogen) atoms. The third kappa shape index (κ3) is 6.04. The zero-order valence-corrected chi connectivity index (χ0v) is 15.1. The van der Waals surface area contributed by atoms with Crippen LogP contribution >= 0.6 is 0 Å². The standard InChI is InChI=1S/C19H25NO3.ClH/c1-14-6-4-5-7-17(14)13-23-18-9-8-16(10-19(18)22-3)12-20-11-15(2)21;/h4-10,15,20-21H,11-13H2,1-3H3;1H/p-1. The van der Waals surface area contributed by atoms with E-state index in [0.29, 0.717) is 19.7 Å². The van der Waals surface area contributed by atoms with Crippen LogP contribution in [0, 0.1) is 6.92 Å². The summed E-state index contributed by atoms with van der Waals surface area (Å²) in [5.41, 5.74) is 3.47. The van der Waals surface area contributed by atoms with Crippen molar-refractivity contribution in [1.82, 2.24) is 5.32 Å². The van der Waals surface area contributed by atoms with E-state index in [0.717, 1.165) is 22.6 Å². The molecule has 132 valence electrons. The summed E-state index contributed by atoms with van der Waals surface area (Å²) in [5.74, 6) is 1.45. The molecule has 0 aliphatic carbocycles. The molecule has 2 N–H and O–H groups in total. The van der Waals surface area contributed by atoms with Gasteiger partial charge in [-0.2, -0.15) is 0 Å². The smallest absolute Gasteiger partial charge is 0.161 e. The van der Waals surface area contributed by atoms with Gasteiger partial charge in [-0.05, 0) is 42.7 Å². The van der Waals surface area contributed by atoms with Gasteiger partial charge in [-0.1, -0.05) is 30.3 Å². The molecule has 0 aliphatic heterocycles. The molecule has 2 rings (SSSR count). The largest absolute Gasteiger partial charge is 1.00 e. The van der Waals surface area contributed by atoms with Gasteiger partial charge < -0.3 is 32.3 Å². The fraction of sp³-hybridized carbons (Fsp3) is 0.368. The second-order valence-corrected chi connectivity index (χ2v) is 5.68. The van der Waals surface area contributed by atoms with Crippen molar-refractivity contribution in [1.29, 1.82) is 0 Å². The molecule has 0 radical (unpaired) electrons. The fourth-order valence-electron chi connectivity index (χ4n) is 2.29. The summed E-state index contributed by atoms with van der Waals surface area (Å²) in [6, 6.07) is 14.1. The molecule has 0 fully saturated rings. The van der Waals surface area contributed by atoms with Gasteiger partial charge in [-0.3, -0.25) is 0 Å². The van der Waals surface area contributed by atoms with Crippen LogP contribution in [0.25, 0.3) is 0 Å². The first kappa shape index (κ1) is 20.3. The summed E-state index contributed by atoms with van der Waals surface area (Å²) in [5, 5.41) is 12.5. The number of rotatable bonds is 8. The van der Waals surface area contributed by atoms with E-state index in [-0.39, 0.29) is 18.5 Å². The fourth-order valence-corrected chi connectivity index (χ4v) is 2.29. The number of ether oxygens (including phenoxy) is 2. The Morgan fingerprint density at radius 3 is 2.54 bits per heavy atom. The summed E-state index contributed by atoms with van der Waals surface area (Å²) < 4.78 is 11.3. The molecule has 0 spiro atoms. The van der Waals surface area contributed by atoms with Crippen molar-refractivity contribution >= 4 is 0 Å². The van der Waals surface area contributed by atoms with Gasteiger partial charge >= 0.3 is 0 Å². The number of nitrogens with one attached hydrogen (secondary N) is 1. The Morgan fingerprint density at radius 2 is 1.88 bits per heavy atom. The number of aliphatic hydroxyl groups is 1. The van der Waals surface area contributed by atoms with E-state index in [1.54, 1.807) is 14.0 Å². The molecule has 0 aliphatic rings. The molecule has 0 heterocycles. The van der Waals surface area contributed by atoms with Crippen LogP contribution in [0.4, 0.5) is 0 Å². The average Bonchev–Trinajstić information content (AvgIpc) is 2.54. The van der Waals surface area contributed by atoms with Gasteiger partial charge in [-0.25, -0.2) is 0 Å². The van der Waals surface area contributed by atoms with E-state index < -0.39 is 0 Å². The highest BCUT2D eigenvalue weighted by Crippen LogP contribution is 2.29. The molecule has 0 saturated carbocycles. The van der Waals surface area contributed by atoms with Crippen molar-refractivity contribution < 1.29 is 27.0 Å². The van der Waals surface area contributed by atoms with Crippen LogP contribution in [0.1, 0.15) is 23.6 Å². The van der Waals surface area contributed by atoms with Crippen molar-refractivity contribution in [2.45, 2.75) is 33.1 Å². The van der Waals surface area contributed by atoms with Gasteiger partial charge in [0.2, 0.25) is 0 Å². The summed E-state index contributed by atoms with van der Waals surface area (Å²) in [7, 11) is 1.64. The lowest BCUT2D eigenvalue weighted by Crippen LogP contribution is -3.00. The highest BCUT2D eigenvalue weighted by molar-refractivity contribution is 5.43. The number of benzene rings is 2. The summed E-state index contributed by atoms with van der Waals surface area (Å²) in [6.45, 7) is 5.60. The zero-order valence-electron chi connectivity index (χ0n) is 14.4. The van der Waals surface area contributed by atoms with Gasteiger partial charge in [0.25, 0.3) is 0 Å². The number of hydrogen-bond donors (Lipinski definition) is 2. The first-order valence-corrected chi connectivity index (χ1v) is 7.83. The monoisotopic (exact) mass is 350 g/mol. The van der Waals surface area contributed by atoms with Gasteiger partial charge in [0, 0.05) is 13.1 Å². The predicted molar refractivity (Wildman–Crippen MR) is 91.9 cm³/mol. The van der Waals surface area contributed by atoms with Crippen LogP contribution in [0.5, 0.6) is 11.5 Å². The van der Waals surface area contributed by atoms with E-state index in [2.05, 4.69) is 24.4 Å². The topological polar surface area (TPSA) is 50.7 Å². The van der Waals surface area contributed by atoms with E-state index in [1.165, 1.54) is 5.56 Å². The van der Waals surface area contributed by atoms with Crippen molar-refractivity contribution in [2.24, 2.45) is 0 Å². The third-order valence-corrected chi connectivity index (χ3v) is 3.64. The van der Waals surface area contributed by atoms with Crippen molar-refractivity contribution in [3.8, 4) is 11.5 Å². The molecule has 2 aromatic carbocycles. The van der Waals surface area contributed by atoms with Gasteiger partial charge in [-0.15, -0.1) is 0 Å². The van der Waals surface area contributed by atoms with Gasteiger partial charge in [0.05, 0.1) is 13.2 Å². The lowest BCUT2D eigenvalue weighted by Gasteiger charge is -2.14. The second kappa shape index (κ2) is 10.2. The summed E-state index contributed by atoms with van der Waals surface area (Å²) in [6.07, 6.45) is -0.353. The Morgan fingerprint density at radius 1 is 1.12 bits per heavy atom. The first-order chi connectivity index (χ1) is 11.1. The van der Waals surface area contributed by atoms with Crippen LogP contribution in [-0.4, -0.2) is 24.9 Å². The molecule has 0 aromatic heterocycles. The Bertz CT molecular complexity index is 632. The minimum absolute atomic E-state index is 0. The van der Waals surface area contributed by atoms with Crippen LogP contribution in [-0.2, 0) is 13.2 Å². The Hall–Kier alpha value is -1.75. The number of hydrogen-bond acceptors (Lipinski definition) is 4. The van der Waals surface area contributed by atoms with Gasteiger partial charge in [0.15, 0.2) is 11.5 Å². The predicted octanol–water partition coefficient (Wildman–Crippen LogP) is 0.0570. The number of methoxy groups -OCH3 is 1. The maximum atomic E-state index is 9.27. The summed E-state index contributed by atoms with van der Waals surface area (Å²) in [4.78, 5) is 0. The van der Waals surface area contributed by atoms with Crippen molar-refractivity contribution in [3.63, 3.8) is 0 Å². The van der Waals surface area contributed by atoms with Crippen LogP contribution < -0.4 is 27.2 Å². The quantitative estimate of drug-likeness (QED) is 0.707. The Balaban J connectivity index is 0.00000288. The lowest BCUT2D eigenvalue weighted by molar-refractivity contribution is -0.00000762. The second-order valence-electron chi connectivity index (χ2n) is 5.68. The Labute approximate surface area is 150 Å². The maximum Gasteiger partial charge on any atom is 0.161 e. The number of halogens is 1. The molecule has 1 unspecified atom stereocenters. The van der Waals surface area contributed by atoms with Crippen molar-refractivity contribution in [2.75, 3.05) is 13.7 Å². The third-order valence-electron chi connectivity index (χ3n) is 3.64. The minimum Gasteiger partial charge on any atom is -1.00 e. The van der Waals surface area contributed by atoms with Gasteiger partial charge in [0.1, 0.15) is 6.61 Å². The first-order valence-electron chi connectivity index (χ1n) is 7.83. The Kier molecular flexibility index (Phi) is 8.61. The highest BCUT2D eigenvalue weighted by atomic mass is 35.5. The van der Waals surface area contributed by atoms with Crippen LogP contribution in [0.3, 0.4) is 0 Å². The molecular weight excluding hydrogens is 326 g/mol. The normalized spacial score (nSPS) is 11.5. The minimum atomic E-state index is -0.353. The van der Waals surface area contributed by atoms with Crippen LogP contribution in [0.2, 0.25) is 0 Å². The van der Waals surface area contributed by atoms with Crippen LogP contribution in [0.15, 0.2) is 42.5 Å². The van der Waals surface area contributed by atoms with E-state index in [1.807, 2.05) is 30.3 Å². The zero-order chi connectivity index (χ0) is 16.7. The molecule has 0 bridgehead atoms. The van der Waals surface area contributed by atoms with E-state index in [4.69, 9.17) is 9.47 Å². The molecule has 5 heteroatoms. The lowest BCUT2D eigenvalue weighted by atomic mass is 10.1.